The first-order valence-corrected chi connectivity index (χ1v) is 11.9. The lowest BCUT2D eigenvalue weighted by Gasteiger charge is -2.38. The van der Waals surface area contributed by atoms with Gasteiger partial charge in [0.15, 0.2) is 5.76 Å². The van der Waals surface area contributed by atoms with Crippen molar-refractivity contribution in [3.8, 4) is 0 Å². The van der Waals surface area contributed by atoms with E-state index in [1.165, 1.54) is 9.21 Å². The summed E-state index contributed by atoms with van der Waals surface area (Å²) < 4.78 is 32.3. The number of hydrogen-bond donors (Lipinski definition) is 1. The Hall–Kier alpha value is -1.98. The van der Waals surface area contributed by atoms with Crippen molar-refractivity contribution in [2.24, 2.45) is 5.92 Å². The number of nitrogens with one attached hydrogen (secondary N) is 1. The number of aryl methyl sites for hydroxylation is 2. The monoisotopic (exact) mass is 439 g/mol. The number of piperazine rings is 1. The summed E-state index contributed by atoms with van der Waals surface area (Å²) in [5, 5.41) is 6.70. The summed E-state index contributed by atoms with van der Waals surface area (Å²) in [6.07, 6.45) is 3.62. The SMILES string of the molecule is Cc1noc(C)c1S(=O)(=O)N1CCN(CN2C(=O)NC3(CCCCC3C)C2=O)CC1. The fourth-order valence-corrected chi connectivity index (χ4v) is 6.62. The topological polar surface area (TPSA) is 116 Å². The number of sulfonamides is 1. The molecule has 10 nitrogen and oxygen atoms in total. The quantitative estimate of drug-likeness (QED) is 0.697. The van der Waals surface area contributed by atoms with Crippen molar-refractivity contribution in [1.82, 2.24) is 24.6 Å². The molecule has 0 bridgehead atoms. The molecule has 1 spiro atoms. The van der Waals surface area contributed by atoms with Crippen LogP contribution in [0, 0.1) is 19.8 Å². The number of carbonyl (C=O) groups is 2. The van der Waals surface area contributed by atoms with Crippen LogP contribution in [0.15, 0.2) is 9.42 Å². The summed E-state index contributed by atoms with van der Waals surface area (Å²) in [5.41, 5.74) is -0.426. The van der Waals surface area contributed by atoms with Crippen LogP contribution in [0.2, 0.25) is 0 Å². The molecule has 1 N–H and O–H groups in total. The standard InChI is InChI=1S/C19H29N5O5S/c1-13-6-4-5-7-19(13)17(25)24(18(26)20-19)12-22-8-10-23(11-9-22)30(27,28)16-14(2)21-29-15(16)3/h13H,4-12H2,1-3H3,(H,20,26). The Balaban J connectivity index is 1.41. The Morgan fingerprint density at radius 3 is 2.47 bits per heavy atom. The number of imide groups is 1. The number of aromatic nitrogens is 1. The van der Waals surface area contributed by atoms with Crippen LogP contribution in [0.4, 0.5) is 4.79 Å². The van der Waals surface area contributed by atoms with Crippen LogP contribution in [0.3, 0.4) is 0 Å². The third kappa shape index (κ3) is 3.32. The maximum Gasteiger partial charge on any atom is 0.326 e. The molecule has 166 valence electrons. The Morgan fingerprint density at radius 1 is 1.17 bits per heavy atom. The van der Waals surface area contributed by atoms with Crippen molar-refractivity contribution in [2.75, 3.05) is 32.8 Å². The van der Waals surface area contributed by atoms with Gasteiger partial charge in [0.05, 0.1) is 6.67 Å². The van der Waals surface area contributed by atoms with Crippen molar-refractivity contribution >= 4 is 22.0 Å². The average Bonchev–Trinajstić information content (AvgIpc) is 3.17. The Kier molecular flexibility index (Phi) is 5.39. The molecule has 1 aromatic heterocycles. The summed E-state index contributed by atoms with van der Waals surface area (Å²) in [4.78, 5) is 29.1. The molecular weight excluding hydrogens is 410 g/mol. The first-order chi connectivity index (χ1) is 14.2. The Labute approximate surface area is 176 Å². The van der Waals surface area contributed by atoms with Crippen LogP contribution in [0.1, 0.15) is 44.1 Å². The second-order valence-corrected chi connectivity index (χ2v) is 10.5. The van der Waals surface area contributed by atoms with Crippen LogP contribution in [0.25, 0.3) is 0 Å². The summed E-state index contributed by atoms with van der Waals surface area (Å²) in [7, 11) is -3.69. The van der Waals surface area contributed by atoms with E-state index >= 15 is 0 Å². The molecule has 30 heavy (non-hydrogen) atoms. The van der Waals surface area contributed by atoms with E-state index in [4.69, 9.17) is 4.52 Å². The minimum Gasteiger partial charge on any atom is -0.360 e. The van der Waals surface area contributed by atoms with Gasteiger partial charge in [0.2, 0.25) is 10.0 Å². The lowest BCUT2D eigenvalue weighted by Crippen LogP contribution is -2.55. The number of rotatable bonds is 4. The van der Waals surface area contributed by atoms with Crippen molar-refractivity contribution < 1.29 is 22.5 Å². The summed E-state index contributed by atoms with van der Waals surface area (Å²) in [6.45, 7) is 6.82. The lowest BCUT2D eigenvalue weighted by atomic mass is 9.73. The van der Waals surface area contributed by atoms with E-state index in [1.807, 2.05) is 11.8 Å². The van der Waals surface area contributed by atoms with E-state index < -0.39 is 15.6 Å². The number of nitrogens with zero attached hydrogens (tertiary/aromatic N) is 4. The van der Waals surface area contributed by atoms with Gasteiger partial charge in [0, 0.05) is 26.2 Å². The van der Waals surface area contributed by atoms with Crippen LogP contribution in [-0.2, 0) is 14.8 Å². The van der Waals surface area contributed by atoms with Gasteiger partial charge in [-0.3, -0.25) is 9.69 Å². The van der Waals surface area contributed by atoms with E-state index in [0.29, 0.717) is 25.2 Å². The van der Waals surface area contributed by atoms with Crippen molar-refractivity contribution in [2.45, 2.75) is 56.9 Å². The molecule has 0 radical (unpaired) electrons. The van der Waals surface area contributed by atoms with Crippen LogP contribution < -0.4 is 5.32 Å². The van der Waals surface area contributed by atoms with E-state index in [2.05, 4.69) is 10.5 Å². The number of amides is 3. The highest BCUT2D eigenvalue weighted by atomic mass is 32.2. The molecule has 3 aliphatic rings. The Bertz CT molecular complexity index is 933. The molecule has 2 aliphatic heterocycles. The second kappa shape index (κ2) is 7.61. The van der Waals surface area contributed by atoms with Crippen LogP contribution in [-0.4, -0.2) is 78.0 Å². The fourth-order valence-electron chi connectivity index (χ4n) is 4.91. The van der Waals surface area contributed by atoms with Crippen molar-refractivity contribution in [3.63, 3.8) is 0 Å². The molecular formula is C19H29N5O5S. The van der Waals surface area contributed by atoms with E-state index in [-0.39, 0.29) is 48.3 Å². The average molecular weight is 440 g/mol. The molecule has 3 amide bonds. The third-order valence-corrected chi connectivity index (χ3v) is 8.88. The summed E-state index contributed by atoms with van der Waals surface area (Å²) in [6, 6.07) is -0.348. The van der Waals surface area contributed by atoms with E-state index in [0.717, 1.165) is 19.3 Å². The Morgan fingerprint density at radius 2 is 1.87 bits per heavy atom. The zero-order valence-corrected chi connectivity index (χ0v) is 18.5. The van der Waals surface area contributed by atoms with Gasteiger partial charge in [-0.15, -0.1) is 0 Å². The fraction of sp³-hybridized carbons (Fsp3) is 0.737. The predicted octanol–water partition coefficient (Wildman–Crippen LogP) is 1.06. The van der Waals surface area contributed by atoms with Gasteiger partial charge in [-0.05, 0) is 32.6 Å². The molecule has 0 aromatic carbocycles. The molecule has 2 unspecified atom stereocenters. The van der Waals surface area contributed by atoms with Gasteiger partial charge in [-0.2, -0.15) is 4.31 Å². The largest absolute Gasteiger partial charge is 0.360 e. The van der Waals surface area contributed by atoms with Gasteiger partial charge in [0.1, 0.15) is 16.1 Å². The first-order valence-electron chi connectivity index (χ1n) is 10.5. The molecule has 4 rings (SSSR count). The molecule has 3 heterocycles. The minimum atomic E-state index is -3.69. The lowest BCUT2D eigenvalue weighted by molar-refractivity contribution is -0.135. The highest BCUT2D eigenvalue weighted by Crippen LogP contribution is 2.38. The zero-order chi connectivity index (χ0) is 21.7. The van der Waals surface area contributed by atoms with Crippen LogP contribution in [0.5, 0.6) is 0 Å². The number of urea groups is 1. The molecule has 1 saturated carbocycles. The first kappa shape index (κ1) is 21.3. The third-order valence-electron chi connectivity index (χ3n) is 6.74. The maximum absolute atomic E-state index is 13.1. The maximum atomic E-state index is 13.1. The molecule has 11 heteroatoms. The van der Waals surface area contributed by atoms with E-state index in [9.17, 15) is 18.0 Å². The smallest absolute Gasteiger partial charge is 0.326 e. The molecule has 1 aromatic rings. The van der Waals surface area contributed by atoms with E-state index in [1.54, 1.807) is 13.8 Å². The second-order valence-electron chi connectivity index (χ2n) is 8.60. The highest BCUT2D eigenvalue weighted by molar-refractivity contribution is 7.89. The van der Waals surface area contributed by atoms with Gasteiger partial charge in [-0.25, -0.2) is 18.1 Å². The van der Waals surface area contributed by atoms with Gasteiger partial charge < -0.3 is 9.84 Å². The normalized spacial score (nSPS) is 29.0. The molecule has 2 atom stereocenters. The highest BCUT2D eigenvalue weighted by Gasteiger charge is 2.55. The molecule has 3 fully saturated rings. The molecule has 2 saturated heterocycles. The van der Waals surface area contributed by atoms with Gasteiger partial charge in [0.25, 0.3) is 5.91 Å². The van der Waals surface area contributed by atoms with Gasteiger partial charge >= 0.3 is 6.03 Å². The minimum absolute atomic E-state index is 0.115. The van der Waals surface area contributed by atoms with Crippen LogP contribution >= 0.6 is 0 Å². The predicted molar refractivity (Wildman–Crippen MR) is 107 cm³/mol. The van der Waals surface area contributed by atoms with Gasteiger partial charge in [-0.1, -0.05) is 24.9 Å². The zero-order valence-electron chi connectivity index (χ0n) is 17.7. The number of hydrogen-bond acceptors (Lipinski definition) is 7. The molecule has 1 aliphatic carbocycles. The van der Waals surface area contributed by atoms with Crippen molar-refractivity contribution in [3.05, 3.63) is 11.5 Å². The van der Waals surface area contributed by atoms with Crippen molar-refractivity contribution in [1.29, 1.82) is 0 Å². The summed E-state index contributed by atoms with van der Waals surface area (Å²) >= 11 is 0. The summed E-state index contributed by atoms with van der Waals surface area (Å²) in [5.74, 6) is 0.247. The number of carbonyl (C=O) groups excluding carboxylic acids is 2.